The summed E-state index contributed by atoms with van der Waals surface area (Å²) in [7, 11) is 0. The van der Waals surface area contributed by atoms with Crippen molar-refractivity contribution in [3.63, 3.8) is 0 Å². The number of ether oxygens (including phenoxy) is 1. The van der Waals surface area contributed by atoms with Crippen molar-refractivity contribution in [1.82, 2.24) is 9.78 Å². The highest BCUT2D eigenvalue weighted by molar-refractivity contribution is 7.22. The molecule has 5 aromatic rings. The van der Waals surface area contributed by atoms with Crippen LogP contribution in [-0.4, -0.2) is 28.3 Å². The Morgan fingerprint density at radius 1 is 0.971 bits per heavy atom. The first kappa shape index (κ1) is 21.6. The van der Waals surface area contributed by atoms with E-state index in [0.29, 0.717) is 22.5 Å². The lowest BCUT2D eigenvalue weighted by molar-refractivity contribution is 0.0526. The molecule has 168 valence electrons. The molecule has 0 aliphatic heterocycles. The third-order valence-corrected chi connectivity index (χ3v) is 6.39. The van der Waals surface area contributed by atoms with Crippen LogP contribution in [0.5, 0.6) is 0 Å². The molecule has 2 heterocycles. The van der Waals surface area contributed by atoms with Gasteiger partial charge in [-0.2, -0.15) is 5.10 Å². The summed E-state index contributed by atoms with van der Waals surface area (Å²) in [5.74, 6) is -0.739. The summed E-state index contributed by atoms with van der Waals surface area (Å²) >= 11 is 1.59. The fraction of sp³-hybridized carbons (Fsp3) is 0.0741. The van der Waals surface area contributed by atoms with E-state index in [-0.39, 0.29) is 12.5 Å². The third kappa shape index (κ3) is 4.33. The Labute approximate surface area is 200 Å². The molecule has 0 aliphatic carbocycles. The number of fused-ring (bicyclic) bond motifs is 1. The molecule has 0 bridgehead atoms. The van der Waals surface area contributed by atoms with Gasteiger partial charge >= 0.3 is 5.97 Å². The summed E-state index contributed by atoms with van der Waals surface area (Å²) in [6.07, 6.45) is 1.74. The second kappa shape index (κ2) is 9.33. The van der Waals surface area contributed by atoms with Crippen LogP contribution in [0.2, 0.25) is 0 Å². The Hall–Kier alpha value is -4.23. The number of hydrogen-bond acceptors (Lipinski definition) is 5. The molecular weight excluding hydrogens is 446 g/mol. The van der Waals surface area contributed by atoms with Crippen LogP contribution in [0.15, 0.2) is 91.1 Å². The van der Waals surface area contributed by atoms with Gasteiger partial charge in [-0.1, -0.05) is 42.5 Å². The van der Waals surface area contributed by atoms with Crippen LogP contribution in [0, 0.1) is 0 Å². The van der Waals surface area contributed by atoms with Crippen molar-refractivity contribution >= 4 is 39.0 Å². The molecule has 2 aromatic heterocycles. The smallest absolute Gasteiger partial charge is 0.338 e. The Kier molecular flexibility index (Phi) is 5.93. The average molecular weight is 468 g/mol. The number of carbonyl (C=O) groups is 2. The molecule has 0 atom stereocenters. The Morgan fingerprint density at radius 2 is 1.76 bits per heavy atom. The summed E-state index contributed by atoms with van der Waals surface area (Å²) < 4.78 is 7.90. The standard InChI is InChI=1S/C27H21N3O3S/c1-2-33-27(32)19-10-8-11-20(15-19)28-26(31)22-17-30(21-12-4-3-5-13-21)29-25(22)24-16-18-9-6-7-14-23(18)34-24/h3-17H,2H2,1H3,(H,28,31). The van der Waals surface area contributed by atoms with Gasteiger partial charge in [0, 0.05) is 16.6 Å². The molecule has 0 radical (unpaired) electrons. The minimum absolute atomic E-state index is 0.284. The highest BCUT2D eigenvalue weighted by atomic mass is 32.1. The van der Waals surface area contributed by atoms with Crippen LogP contribution >= 0.6 is 11.3 Å². The molecule has 0 saturated heterocycles. The first-order valence-electron chi connectivity index (χ1n) is 10.8. The Morgan fingerprint density at radius 3 is 2.56 bits per heavy atom. The molecule has 0 aliphatic rings. The number of para-hydroxylation sites is 1. The van der Waals surface area contributed by atoms with Gasteiger partial charge in [0.05, 0.1) is 28.3 Å². The number of nitrogens with zero attached hydrogens (tertiary/aromatic N) is 2. The minimum Gasteiger partial charge on any atom is -0.462 e. The molecule has 5 rings (SSSR count). The predicted octanol–water partition coefficient (Wildman–Crippen LogP) is 6.18. The lowest BCUT2D eigenvalue weighted by Gasteiger charge is -2.07. The zero-order valence-electron chi connectivity index (χ0n) is 18.4. The van der Waals surface area contributed by atoms with Gasteiger partial charge in [-0.3, -0.25) is 4.79 Å². The van der Waals surface area contributed by atoms with Crippen molar-refractivity contribution in [2.75, 3.05) is 11.9 Å². The van der Waals surface area contributed by atoms with Crippen LogP contribution in [0.25, 0.3) is 26.3 Å². The highest BCUT2D eigenvalue weighted by Gasteiger charge is 2.21. The number of thiophene rings is 1. The maximum absolute atomic E-state index is 13.4. The van der Waals surface area contributed by atoms with Gasteiger partial charge in [0.1, 0.15) is 5.69 Å². The van der Waals surface area contributed by atoms with E-state index in [1.54, 1.807) is 53.4 Å². The van der Waals surface area contributed by atoms with Gasteiger partial charge in [0.25, 0.3) is 5.91 Å². The molecule has 0 fully saturated rings. The van der Waals surface area contributed by atoms with Crippen molar-refractivity contribution in [2.45, 2.75) is 6.92 Å². The van der Waals surface area contributed by atoms with E-state index in [9.17, 15) is 9.59 Å². The fourth-order valence-electron chi connectivity index (χ4n) is 3.67. The summed E-state index contributed by atoms with van der Waals surface area (Å²) in [5.41, 5.74) is 2.78. The first-order chi connectivity index (χ1) is 16.6. The van der Waals surface area contributed by atoms with Crippen LogP contribution in [0.1, 0.15) is 27.6 Å². The van der Waals surface area contributed by atoms with Crippen molar-refractivity contribution in [2.24, 2.45) is 0 Å². The molecule has 0 saturated carbocycles. The van der Waals surface area contributed by atoms with Gasteiger partial charge in [-0.15, -0.1) is 11.3 Å². The number of rotatable bonds is 6. The molecule has 0 spiro atoms. The number of amides is 1. The summed E-state index contributed by atoms with van der Waals surface area (Å²) in [6, 6.07) is 26.5. The summed E-state index contributed by atoms with van der Waals surface area (Å²) in [6.45, 7) is 2.04. The molecule has 34 heavy (non-hydrogen) atoms. The maximum atomic E-state index is 13.4. The lowest BCUT2D eigenvalue weighted by Crippen LogP contribution is -2.13. The monoisotopic (exact) mass is 467 g/mol. The number of carbonyl (C=O) groups excluding carboxylic acids is 2. The largest absolute Gasteiger partial charge is 0.462 e. The van der Waals surface area contributed by atoms with Gasteiger partial charge in [0.2, 0.25) is 0 Å². The minimum atomic E-state index is -0.429. The number of esters is 1. The van der Waals surface area contributed by atoms with Gasteiger partial charge < -0.3 is 10.1 Å². The molecule has 6 nitrogen and oxygen atoms in total. The van der Waals surface area contributed by atoms with E-state index in [0.717, 1.165) is 20.7 Å². The van der Waals surface area contributed by atoms with E-state index >= 15 is 0 Å². The number of anilines is 1. The van der Waals surface area contributed by atoms with Crippen LogP contribution in [-0.2, 0) is 4.74 Å². The zero-order valence-corrected chi connectivity index (χ0v) is 19.2. The normalized spacial score (nSPS) is 10.9. The number of benzene rings is 3. The molecular formula is C27H21N3O3S. The van der Waals surface area contributed by atoms with Crippen molar-refractivity contribution < 1.29 is 14.3 Å². The summed E-state index contributed by atoms with van der Waals surface area (Å²) in [4.78, 5) is 26.4. The third-order valence-electron chi connectivity index (χ3n) is 5.27. The molecule has 1 amide bonds. The second-order valence-electron chi connectivity index (χ2n) is 7.58. The topological polar surface area (TPSA) is 73.2 Å². The van der Waals surface area contributed by atoms with E-state index in [2.05, 4.69) is 17.4 Å². The van der Waals surface area contributed by atoms with Crippen LogP contribution in [0.4, 0.5) is 5.69 Å². The quantitative estimate of drug-likeness (QED) is 0.303. The fourth-order valence-corrected chi connectivity index (χ4v) is 4.73. The SMILES string of the molecule is CCOC(=O)c1cccc(NC(=O)c2cn(-c3ccccc3)nc2-c2cc3ccccc3s2)c1. The highest BCUT2D eigenvalue weighted by Crippen LogP contribution is 2.35. The lowest BCUT2D eigenvalue weighted by atomic mass is 10.1. The summed E-state index contributed by atoms with van der Waals surface area (Å²) in [5, 5.41) is 8.78. The zero-order chi connectivity index (χ0) is 23.5. The Balaban J connectivity index is 1.53. The van der Waals surface area contributed by atoms with Gasteiger partial charge in [-0.05, 0) is 54.8 Å². The van der Waals surface area contributed by atoms with Gasteiger partial charge in [0.15, 0.2) is 0 Å². The number of aromatic nitrogens is 2. The van der Waals surface area contributed by atoms with Crippen LogP contribution < -0.4 is 5.32 Å². The first-order valence-corrected chi connectivity index (χ1v) is 11.7. The maximum Gasteiger partial charge on any atom is 0.338 e. The van der Waals surface area contributed by atoms with E-state index in [4.69, 9.17) is 9.84 Å². The average Bonchev–Trinajstić information content (AvgIpc) is 3.50. The molecule has 3 aromatic carbocycles. The molecule has 1 N–H and O–H groups in total. The van der Waals surface area contributed by atoms with Crippen molar-refractivity contribution in [1.29, 1.82) is 0 Å². The number of nitrogens with one attached hydrogen (secondary N) is 1. The second-order valence-corrected chi connectivity index (χ2v) is 8.66. The van der Waals surface area contributed by atoms with E-state index < -0.39 is 5.97 Å². The van der Waals surface area contributed by atoms with E-state index in [1.165, 1.54) is 0 Å². The number of hydrogen-bond donors (Lipinski definition) is 1. The molecule has 0 unspecified atom stereocenters. The predicted molar refractivity (Wildman–Crippen MR) is 135 cm³/mol. The van der Waals surface area contributed by atoms with Gasteiger partial charge in [-0.25, -0.2) is 9.48 Å². The van der Waals surface area contributed by atoms with Crippen molar-refractivity contribution in [3.05, 3.63) is 102 Å². The Bertz CT molecular complexity index is 1450. The van der Waals surface area contributed by atoms with E-state index in [1.807, 2.05) is 48.5 Å². The van der Waals surface area contributed by atoms with Crippen molar-refractivity contribution in [3.8, 4) is 16.3 Å². The van der Waals surface area contributed by atoms with Crippen LogP contribution in [0.3, 0.4) is 0 Å². The molecule has 7 heteroatoms.